The Kier molecular flexibility index (Phi) is 8.88. The van der Waals surface area contributed by atoms with Gasteiger partial charge in [0.15, 0.2) is 13.9 Å². The van der Waals surface area contributed by atoms with E-state index in [9.17, 15) is 29.4 Å². The Hall–Kier alpha value is -3.87. The van der Waals surface area contributed by atoms with Crippen LogP contribution in [0, 0.1) is 5.92 Å². The van der Waals surface area contributed by atoms with E-state index in [1.165, 1.54) is 6.92 Å². The number of aliphatic hydroxyl groups is 2. The highest BCUT2D eigenvalue weighted by Gasteiger charge is 2.66. The third-order valence-corrected chi connectivity index (χ3v) is 12.6. The van der Waals surface area contributed by atoms with Gasteiger partial charge in [-0.15, -0.1) is 0 Å². The number of hydrogen-bond acceptors (Lipinski definition) is 7. The van der Waals surface area contributed by atoms with Gasteiger partial charge in [0.25, 0.3) is 11.8 Å². The quantitative estimate of drug-likeness (QED) is 0.271. The standard InChI is InChI=1S/C36H43N3O7Si/c1-22-33(47(3,4)45)31(18-32(42)38-20-26-10-6-5-9-25(26)17-28(38)21-40)46-36(22)29-11-7-8-12-30(29)39(35(36)44)19-24-13-15-27(16-14-24)37-34(43)23(2)41/h5-16,22-23,28,31,33,40-41,45H,17-21H2,1-4H3,(H,37,43)/t22-,23-,28-,31+,33-,36+/m0/s1. The molecule has 0 aromatic heterocycles. The molecule has 1 fully saturated rings. The van der Waals surface area contributed by atoms with Crippen molar-refractivity contribution in [3.05, 3.63) is 95.1 Å². The largest absolute Gasteiger partial charge is 0.432 e. The number of aliphatic hydroxyl groups excluding tert-OH is 2. The van der Waals surface area contributed by atoms with Crippen molar-refractivity contribution in [2.24, 2.45) is 5.92 Å². The normalized spacial score (nSPS) is 25.9. The molecule has 3 amide bonds. The Morgan fingerprint density at radius 1 is 1.04 bits per heavy atom. The molecule has 3 aliphatic heterocycles. The number of ether oxygens (including phenoxy) is 1. The molecule has 3 aromatic rings. The summed E-state index contributed by atoms with van der Waals surface area (Å²) in [5.74, 6) is -1.34. The first-order valence-electron chi connectivity index (χ1n) is 16.2. The van der Waals surface area contributed by atoms with Crippen molar-refractivity contribution in [1.29, 1.82) is 0 Å². The molecule has 10 nitrogen and oxygen atoms in total. The summed E-state index contributed by atoms with van der Waals surface area (Å²) in [6.45, 7) is 7.49. The van der Waals surface area contributed by atoms with Crippen LogP contribution in [0.2, 0.25) is 18.6 Å². The maximum absolute atomic E-state index is 14.7. The van der Waals surface area contributed by atoms with Gasteiger partial charge in [-0.1, -0.05) is 61.5 Å². The summed E-state index contributed by atoms with van der Waals surface area (Å²) >= 11 is 0. The van der Waals surface area contributed by atoms with Gasteiger partial charge in [0.2, 0.25) is 5.91 Å². The smallest absolute Gasteiger partial charge is 0.264 e. The fourth-order valence-corrected chi connectivity index (χ4v) is 10.4. The highest BCUT2D eigenvalue weighted by molar-refractivity contribution is 6.71. The van der Waals surface area contributed by atoms with Crippen LogP contribution in [0.4, 0.5) is 11.4 Å². The second kappa shape index (κ2) is 12.6. The fourth-order valence-electron chi connectivity index (χ4n) is 7.84. The minimum atomic E-state index is -2.99. The summed E-state index contributed by atoms with van der Waals surface area (Å²) < 4.78 is 6.86. The highest BCUT2D eigenvalue weighted by atomic mass is 28.4. The van der Waals surface area contributed by atoms with Crippen LogP contribution in [0.5, 0.6) is 0 Å². The predicted molar refractivity (Wildman–Crippen MR) is 180 cm³/mol. The lowest BCUT2D eigenvalue weighted by molar-refractivity contribution is -0.151. The van der Waals surface area contributed by atoms with Gasteiger partial charge in [0.05, 0.1) is 37.4 Å². The maximum Gasteiger partial charge on any atom is 0.264 e. The third-order valence-electron chi connectivity index (χ3n) is 10.1. The molecule has 6 rings (SSSR count). The van der Waals surface area contributed by atoms with Crippen molar-refractivity contribution in [2.45, 2.75) is 82.3 Å². The Bertz CT molecular complexity index is 1670. The lowest BCUT2D eigenvalue weighted by Gasteiger charge is -2.37. The Labute approximate surface area is 276 Å². The number of carbonyl (C=O) groups is 3. The van der Waals surface area contributed by atoms with Crippen molar-refractivity contribution in [1.82, 2.24) is 4.90 Å². The number of rotatable bonds is 8. The molecule has 3 aliphatic rings. The number of nitrogens with one attached hydrogen (secondary N) is 1. The van der Waals surface area contributed by atoms with Crippen molar-refractivity contribution >= 4 is 37.4 Å². The molecule has 0 saturated carbocycles. The van der Waals surface area contributed by atoms with Crippen LogP contribution in [0.1, 0.15) is 42.5 Å². The molecule has 11 heteroatoms. The summed E-state index contributed by atoms with van der Waals surface area (Å²) in [6.07, 6.45) is -1.29. The summed E-state index contributed by atoms with van der Waals surface area (Å²) in [5, 5.41) is 22.4. The average molecular weight is 658 g/mol. The van der Waals surface area contributed by atoms with E-state index in [0.29, 0.717) is 24.3 Å². The van der Waals surface area contributed by atoms with Crippen molar-refractivity contribution in [2.75, 3.05) is 16.8 Å². The molecule has 0 aliphatic carbocycles. The molecular formula is C36H43N3O7Si. The fraction of sp³-hybridized carbons (Fsp3) is 0.417. The second-order valence-electron chi connectivity index (χ2n) is 13.7. The number of fused-ring (bicyclic) bond motifs is 3. The summed E-state index contributed by atoms with van der Waals surface area (Å²) in [4.78, 5) is 55.6. The van der Waals surface area contributed by atoms with E-state index in [1.807, 2.05) is 80.7 Å². The molecule has 47 heavy (non-hydrogen) atoms. The molecule has 248 valence electrons. The van der Waals surface area contributed by atoms with Gasteiger partial charge < -0.3 is 34.9 Å². The molecule has 0 unspecified atom stereocenters. The van der Waals surface area contributed by atoms with Crippen LogP contribution in [0.3, 0.4) is 0 Å². The van der Waals surface area contributed by atoms with E-state index in [2.05, 4.69) is 5.32 Å². The lowest BCUT2D eigenvalue weighted by atomic mass is 9.82. The van der Waals surface area contributed by atoms with Gasteiger partial charge in [-0.05, 0) is 61.3 Å². The summed E-state index contributed by atoms with van der Waals surface area (Å²) in [6, 6.07) is 22.2. The van der Waals surface area contributed by atoms with Crippen molar-refractivity contribution in [3.63, 3.8) is 0 Å². The van der Waals surface area contributed by atoms with Gasteiger partial charge >= 0.3 is 0 Å². The number of nitrogens with zero attached hydrogens (tertiary/aromatic N) is 2. The molecule has 0 bridgehead atoms. The number of hydrogen-bond donors (Lipinski definition) is 4. The first-order chi connectivity index (χ1) is 22.3. The van der Waals surface area contributed by atoms with Gasteiger partial charge in [-0.3, -0.25) is 14.4 Å². The van der Waals surface area contributed by atoms with Crippen LogP contribution in [0.15, 0.2) is 72.8 Å². The van der Waals surface area contributed by atoms with Gasteiger partial charge in [0.1, 0.15) is 6.10 Å². The summed E-state index contributed by atoms with van der Waals surface area (Å²) in [5.41, 5.74) is 3.16. The minimum Gasteiger partial charge on any atom is -0.432 e. The number of para-hydroxylation sites is 1. The van der Waals surface area contributed by atoms with Crippen LogP contribution in [0.25, 0.3) is 0 Å². The van der Waals surface area contributed by atoms with E-state index in [-0.39, 0.29) is 37.4 Å². The zero-order chi connectivity index (χ0) is 33.7. The number of carbonyl (C=O) groups excluding carboxylic acids is 3. The molecule has 1 spiro atoms. The Balaban J connectivity index is 1.29. The average Bonchev–Trinajstić information content (AvgIpc) is 3.47. The number of anilines is 2. The van der Waals surface area contributed by atoms with Crippen LogP contribution < -0.4 is 10.2 Å². The lowest BCUT2D eigenvalue weighted by Crippen LogP contribution is -2.48. The molecule has 1 saturated heterocycles. The van der Waals surface area contributed by atoms with Crippen LogP contribution in [-0.2, 0) is 44.2 Å². The molecule has 6 atom stereocenters. The Morgan fingerprint density at radius 3 is 2.36 bits per heavy atom. The SMILES string of the molecule is C[C@H](O)C(=O)Nc1ccc(CN2C(=O)[C@]3(O[C@H](CC(=O)N4Cc5ccccc5C[C@H]4CO)[C@@H]([Si](C)(C)O)[C@@H]3C)c3ccccc32)cc1. The van der Waals surface area contributed by atoms with Gasteiger partial charge in [0, 0.05) is 29.3 Å². The Morgan fingerprint density at radius 2 is 1.70 bits per heavy atom. The van der Waals surface area contributed by atoms with Crippen molar-refractivity contribution in [3.8, 4) is 0 Å². The second-order valence-corrected chi connectivity index (χ2v) is 17.6. The van der Waals surface area contributed by atoms with Gasteiger partial charge in [-0.2, -0.15) is 0 Å². The first-order valence-corrected chi connectivity index (χ1v) is 19.2. The zero-order valence-corrected chi connectivity index (χ0v) is 28.2. The van der Waals surface area contributed by atoms with E-state index < -0.39 is 43.5 Å². The first kappa shape index (κ1) is 33.0. The van der Waals surface area contributed by atoms with E-state index >= 15 is 0 Å². The highest BCUT2D eigenvalue weighted by Crippen LogP contribution is 2.59. The molecular weight excluding hydrogens is 614 g/mol. The number of amides is 3. The predicted octanol–water partition coefficient (Wildman–Crippen LogP) is 3.69. The molecule has 0 radical (unpaired) electrons. The minimum absolute atomic E-state index is 0.0124. The maximum atomic E-state index is 14.7. The molecule has 4 N–H and O–H groups in total. The topological polar surface area (TPSA) is 140 Å². The number of benzene rings is 3. The van der Waals surface area contributed by atoms with Crippen LogP contribution >= 0.6 is 0 Å². The van der Waals surface area contributed by atoms with E-state index in [1.54, 1.807) is 21.9 Å². The summed E-state index contributed by atoms with van der Waals surface area (Å²) in [7, 11) is -2.99. The van der Waals surface area contributed by atoms with E-state index in [4.69, 9.17) is 4.74 Å². The molecule has 3 aromatic carbocycles. The van der Waals surface area contributed by atoms with Crippen LogP contribution in [-0.4, -0.2) is 70.8 Å². The van der Waals surface area contributed by atoms with Gasteiger partial charge in [-0.25, -0.2) is 0 Å². The third kappa shape index (κ3) is 5.91. The van der Waals surface area contributed by atoms with Crippen molar-refractivity contribution < 1.29 is 34.1 Å². The molecule has 3 heterocycles. The monoisotopic (exact) mass is 657 g/mol. The van der Waals surface area contributed by atoms with E-state index in [0.717, 1.165) is 22.3 Å². The zero-order valence-electron chi connectivity index (χ0n) is 27.2.